The lowest BCUT2D eigenvalue weighted by molar-refractivity contribution is -0.131. The molecule has 164 valence electrons. The van der Waals surface area contributed by atoms with E-state index in [-0.39, 0.29) is 17.7 Å². The minimum atomic E-state index is -0.234. The van der Waals surface area contributed by atoms with Crippen molar-refractivity contribution in [3.8, 4) is 0 Å². The highest BCUT2D eigenvalue weighted by Gasteiger charge is 2.27. The van der Waals surface area contributed by atoms with Crippen LogP contribution >= 0.6 is 11.3 Å². The number of aromatic amines is 1. The first-order chi connectivity index (χ1) is 15.6. The van der Waals surface area contributed by atoms with Crippen molar-refractivity contribution in [3.63, 3.8) is 0 Å². The lowest BCUT2D eigenvalue weighted by Crippen LogP contribution is -2.38. The predicted molar refractivity (Wildman–Crippen MR) is 124 cm³/mol. The van der Waals surface area contributed by atoms with Crippen molar-refractivity contribution in [3.05, 3.63) is 64.4 Å². The van der Waals surface area contributed by atoms with Gasteiger partial charge in [-0.05, 0) is 24.5 Å². The quantitative estimate of drug-likeness (QED) is 0.488. The van der Waals surface area contributed by atoms with E-state index in [1.165, 1.54) is 11.3 Å². The van der Waals surface area contributed by atoms with Gasteiger partial charge in [0.1, 0.15) is 11.5 Å². The summed E-state index contributed by atoms with van der Waals surface area (Å²) in [5, 5.41) is 10.8. The van der Waals surface area contributed by atoms with Crippen LogP contribution in [0.3, 0.4) is 0 Å². The molecule has 0 radical (unpaired) electrons. The summed E-state index contributed by atoms with van der Waals surface area (Å²) in [5.74, 6) is 0.827. The van der Waals surface area contributed by atoms with Gasteiger partial charge in [-0.3, -0.25) is 14.3 Å². The molecule has 1 aromatic carbocycles. The Hall–Kier alpha value is -3.46. The van der Waals surface area contributed by atoms with Crippen LogP contribution in [0.4, 0.5) is 5.82 Å². The minimum absolute atomic E-state index is 0.156. The molecular formula is C23H24N6O2S. The van der Waals surface area contributed by atoms with Crippen molar-refractivity contribution in [1.82, 2.24) is 24.6 Å². The number of amides is 2. The van der Waals surface area contributed by atoms with Crippen LogP contribution in [0.15, 0.2) is 48.1 Å². The van der Waals surface area contributed by atoms with Gasteiger partial charge in [0.15, 0.2) is 0 Å². The predicted octanol–water partition coefficient (Wildman–Crippen LogP) is 3.56. The number of hydrogen-bond donors (Lipinski definition) is 2. The molecule has 2 amide bonds. The molecule has 4 aromatic rings. The SMILES string of the molecule is Cn1nccc1NC(=O)c1csc(C2CCN(C(=O)Cc3c[nH]c4ccccc34)CC2)n1. The monoisotopic (exact) mass is 448 g/mol. The number of hydrogen-bond acceptors (Lipinski definition) is 5. The highest BCUT2D eigenvalue weighted by molar-refractivity contribution is 7.10. The summed E-state index contributed by atoms with van der Waals surface area (Å²) in [7, 11) is 1.77. The van der Waals surface area contributed by atoms with Gasteiger partial charge in [0.25, 0.3) is 5.91 Å². The second-order valence-corrected chi connectivity index (χ2v) is 8.95. The standard InChI is InChI=1S/C23H24N6O2S/c1-28-20(6-9-25-28)27-22(31)19-14-32-23(26-19)15-7-10-29(11-8-15)21(30)12-16-13-24-18-5-3-2-4-17(16)18/h2-6,9,13-15,24H,7-8,10-12H2,1H3,(H,27,31). The Labute approximate surface area is 189 Å². The second kappa shape index (κ2) is 8.58. The number of likely N-dealkylation sites (tertiary alicyclic amines) is 1. The molecule has 1 aliphatic rings. The summed E-state index contributed by atoms with van der Waals surface area (Å²) in [4.78, 5) is 35.1. The molecule has 32 heavy (non-hydrogen) atoms. The zero-order chi connectivity index (χ0) is 22.1. The molecule has 4 heterocycles. The number of nitrogens with zero attached hydrogens (tertiary/aromatic N) is 4. The zero-order valence-electron chi connectivity index (χ0n) is 17.7. The Morgan fingerprint density at radius 1 is 1.22 bits per heavy atom. The Balaban J connectivity index is 1.17. The van der Waals surface area contributed by atoms with Crippen LogP contribution in [-0.2, 0) is 18.3 Å². The van der Waals surface area contributed by atoms with Gasteiger partial charge >= 0.3 is 0 Å². The third-order valence-electron chi connectivity index (χ3n) is 6.03. The van der Waals surface area contributed by atoms with Crippen molar-refractivity contribution in [2.24, 2.45) is 7.05 Å². The topological polar surface area (TPSA) is 95.9 Å². The first-order valence-corrected chi connectivity index (χ1v) is 11.5. The molecular weight excluding hydrogens is 424 g/mol. The molecule has 0 unspecified atom stereocenters. The van der Waals surface area contributed by atoms with Crippen LogP contribution < -0.4 is 5.32 Å². The van der Waals surface area contributed by atoms with E-state index in [1.54, 1.807) is 29.4 Å². The van der Waals surface area contributed by atoms with E-state index in [9.17, 15) is 9.59 Å². The van der Waals surface area contributed by atoms with Gasteiger partial charge in [0, 0.05) is 54.6 Å². The summed E-state index contributed by atoms with van der Waals surface area (Å²) in [6.07, 6.45) is 5.69. The maximum absolute atomic E-state index is 12.9. The average molecular weight is 449 g/mol. The van der Waals surface area contributed by atoms with Crippen molar-refractivity contribution in [2.45, 2.75) is 25.2 Å². The number of fused-ring (bicyclic) bond motifs is 1. The van der Waals surface area contributed by atoms with Gasteiger partial charge in [-0.1, -0.05) is 18.2 Å². The fraction of sp³-hybridized carbons (Fsp3) is 0.304. The van der Waals surface area contributed by atoms with Gasteiger partial charge in [-0.25, -0.2) is 4.98 Å². The summed E-state index contributed by atoms with van der Waals surface area (Å²) < 4.78 is 1.61. The molecule has 1 aliphatic heterocycles. The lowest BCUT2D eigenvalue weighted by atomic mass is 9.97. The lowest BCUT2D eigenvalue weighted by Gasteiger charge is -2.31. The zero-order valence-corrected chi connectivity index (χ0v) is 18.6. The number of carbonyl (C=O) groups excluding carboxylic acids is 2. The number of para-hydroxylation sites is 1. The van der Waals surface area contributed by atoms with E-state index in [0.717, 1.165) is 34.3 Å². The second-order valence-electron chi connectivity index (χ2n) is 8.06. The van der Waals surface area contributed by atoms with Crippen LogP contribution in [0.1, 0.15) is 39.8 Å². The molecule has 5 rings (SSSR count). The Bertz CT molecular complexity index is 1260. The maximum Gasteiger partial charge on any atom is 0.276 e. The number of aryl methyl sites for hydroxylation is 1. The van der Waals surface area contributed by atoms with E-state index in [1.807, 2.05) is 35.4 Å². The summed E-state index contributed by atoms with van der Waals surface area (Å²) in [6, 6.07) is 9.80. The fourth-order valence-electron chi connectivity index (χ4n) is 4.18. The van der Waals surface area contributed by atoms with Gasteiger partial charge < -0.3 is 15.2 Å². The molecule has 0 saturated carbocycles. The highest BCUT2D eigenvalue weighted by atomic mass is 32.1. The Kier molecular flexibility index (Phi) is 5.48. The Morgan fingerprint density at radius 3 is 2.81 bits per heavy atom. The van der Waals surface area contributed by atoms with Crippen molar-refractivity contribution >= 4 is 39.9 Å². The number of nitrogens with one attached hydrogen (secondary N) is 2. The molecule has 0 atom stereocenters. The van der Waals surface area contributed by atoms with Crippen LogP contribution in [0.2, 0.25) is 0 Å². The number of thiazole rings is 1. The molecule has 9 heteroatoms. The number of carbonyl (C=O) groups is 2. The normalized spacial score (nSPS) is 14.7. The first kappa shape index (κ1) is 20.4. The first-order valence-electron chi connectivity index (χ1n) is 10.7. The van der Waals surface area contributed by atoms with Crippen LogP contribution in [0.5, 0.6) is 0 Å². The third kappa shape index (κ3) is 4.03. The van der Waals surface area contributed by atoms with E-state index in [0.29, 0.717) is 31.0 Å². The van der Waals surface area contributed by atoms with Crippen LogP contribution in [-0.4, -0.2) is 49.6 Å². The van der Waals surface area contributed by atoms with Gasteiger partial charge in [-0.15, -0.1) is 11.3 Å². The Morgan fingerprint density at radius 2 is 2.03 bits per heavy atom. The number of piperidine rings is 1. The highest BCUT2D eigenvalue weighted by Crippen LogP contribution is 2.31. The minimum Gasteiger partial charge on any atom is -0.361 e. The van der Waals surface area contributed by atoms with Crippen LogP contribution in [0.25, 0.3) is 10.9 Å². The van der Waals surface area contributed by atoms with Crippen molar-refractivity contribution < 1.29 is 9.59 Å². The smallest absolute Gasteiger partial charge is 0.276 e. The van der Waals surface area contributed by atoms with E-state index in [4.69, 9.17) is 0 Å². The number of rotatable bonds is 5. The molecule has 0 aliphatic carbocycles. The summed E-state index contributed by atoms with van der Waals surface area (Å²) in [6.45, 7) is 1.42. The molecule has 8 nitrogen and oxygen atoms in total. The largest absolute Gasteiger partial charge is 0.361 e. The number of anilines is 1. The van der Waals surface area contributed by atoms with E-state index >= 15 is 0 Å². The van der Waals surface area contributed by atoms with Crippen molar-refractivity contribution in [1.29, 1.82) is 0 Å². The molecule has 0 spiro atoms. The molecule has 1 fully saturated rings. The summed E-state index contributed by atoms with van der Waals surface area (Å²) in [5.41, 5.74) is 2.52. The maximum atomic E-state index is 12.9. The van der Waals surface area contributed by atoms with E-state index in [2.05, 4.69) is 20.4 Å². The van der Waals surface area contributed by atoms with Gasteiger partial charge in [0.05, 0.1) is 17.6 Å². The average Bonchev–Trinajstić information content (AvgIpc) is 3.55. The molecule has 2 N–H and O–H groups in total. The van der Waals surface area contributed by atoms with Crippen LogP contribution in [0, 0.1) is 0 Å². The van der Waals surface area contributed by atoms with Crippen molar-refractivity contribution in [2.75, 3.05) is 18.4 Å². The van der Waals surface area contributed by atoms with E-state index < -0.39 is 0 Å². The number of benzene rings is 1. The third-order valence-corrected chi connectivity index (χ3v) is 7.04. The van der Waals surface area contributed by atoms with Gasteiger partial charge in [0.2, 0.25) is 5.91 Å². The number of aromatic nitrogens is 4. The van der Waals surface area contributed by atoms with Gasteiger partial charge in [-0.2, -0.15) is 5.10 Å². The molecule has 1 saturated heterocycles. The molecule has 3 aromatic heterocycles. The number of H-pyrrole nitrogens is 1. The fourth-order valence-corrected chi connectivity index (χ4v) is 5.16. The molecule has 0 bridgehead atoms. The summed E-state index contributed by atoms with van der Waals surface area (Å²) >= 11 is 1.51.